The lowest BCUT2D eigenvalue weighted by atomic mass is 9.93. The Hall–Kier alpha value is -1.99. The number of hydrogen-bond donors (Lipinski definition) is 3. The summed E-state index contributed by atoms with van der Waals surface area (Å²) >= 11 is 0. The van der Waals surface area contributed by atoms with E-state index in [2.05, 4.69) is 0 Å². The Morgan fingerprint density at radius 2 is 1.77 bits per heavy atom. The fourth-order valence-corrected chi connectivity index (χ4v) is 3.31. The van der Waals surface area contributed by atoms with Gasteiger partial charge in [0.25, 0.3) is 0 Å². The van der Waals surface area contributed by atoms with E-state index >= 15 is 0 Å². The molecule has 1 saturated heterocycles. The lowest BCUT2D eigenvalue weighted by Crippen LogP contribution is -2.33. The number of hydrogen-bond acceptors (Lipinski definition) is 5. The minimum Gasteiger partial charge on any atom is -0.467 e. The zero-order valence-corrected chi connectivity index (χ0v) is 14.3. The Morgan fingerprint density at radius 3 is 2.46 bits per heavy atom. The highest BCUT2D eigenvalue weighted by atomic mass is 19.1. The summed E-state index contributed by atoms with van der Waals surface area (Å²) in [5.74, 6) is 0.201. The molecular formula is C20H23FO5. The molecule has 1 heterocycles. The molecule has 1 aliphatic heterocycles. The molecule has 6 heteroatoms. The first-order chi connectivity index (χ1) is 12.6. The molecule has 26 heavy (non-hydrogen) atoms. The second-order valence-corrected chi connectivity index (χ2v) is 6.50. The van der Waals surface area contributed by atoms with Gasteiger partial charge in [-0.1, -0.05) is 18.2 Å². The quantitative estimate of drug-likeness (QED) is 0.688. The van der Waals surface area contributed by atoms with Crippen LogP contribution >= 0.6 is 0 Å². The maximum absolute atomic E-state index is 13.1. The maximum Gasteiger partial charge on any atom is 0.186 e. The van der Waals surface area contributed by atoms with E-state index in [1.54, 1.807) is 18.2 Å². The van der Waals surface area contributed by atoms with Crippen molar-refractivity contribution in [2.24, 2.45) is 0 Å². The fourth-order valence-electron chi connectivity index (χ4n) is 3.31. The Kier molecular flexibility index (Phi) is 6.21. The van der Waals surface area contributed by atoms with Crippen LogP contribution in [0.15, 0.2) is 42.5 Å². The molecule has 3 N–H and O–H groups in total. The van der Waals surface area contributed by atoms with Crippen LogP contribution in [0.3, 0.4) is 0 Å². The summed E-state index contributed by atoms with van der Waals surface area (Å²) in [5, 5.41) is 28.6. The maximum atomic E-state index is 13.1. The van der Waals surface area contributed by atoms with Crippen LogP contribution < -0.4 is 4.74 Å². The smallest absolute Gasteiger partial charge is 0.186 e. The van der Waals surface area contributed by atoms with E-state index in [1.165, 1.54) is 12.1 Å². The van der Waals surface area contributed by atoms with Crippen LogP contribution in [-0.4, -0.2) is 40.9 Å². The van der Waals surface area contributed by atoms with Crippen molar-refractivity contribution in [3.05, 3.63) is 65.0 Å². The normalized spacial score (nSPS) is 23.0. The van der Waals surface area contributed by atoms with Gasteiger partial charge in [0.05, 0.1) is 24.9 Å². The number of rotatable bonds is 6. The molecule has 0 radical (unpaired) electrons. The molecule has 2 aromatic rings. The van der Waals surface area contributed by atoms with Crippen LogP contribution in [0.2, 0.25) is 0 Å². The van der Waals surface area contributed by atoms with Crippen molar-refractivity contribution in [2.45, 2.75) is 37.6 Å². The summed E-state index contributed by atoms with van der Waals surface area (Å²) < 4.78 is 24.3. The Balaban J connectivity index is 1.87. The standard InChI is InChI=1S/C20H23FO5/c21-15-4-1-13(2-5-15)7-14-3-6-19(25-12-23)18(8-14)20-10-16(24)9-17(11-22)26-20/h1-6,8,16-17,20,22-24H,7,9-12H2. The molecule has 0 spiro atoms. The first kappa shape index (κ1) is 18.8. The van der Waals surface area contributed by atoms with E-state index in [0.717, 1.165) is 16.7 Å². The molecule has 0 amide bonds. The molecule has 1 fully saturated rings. The summed E-state index contributed by atoms with van der Waals surface area (Å²) in [7, 11) is 0. The number of aliphatic hydroxyl groups is 3. The molecule has 0 saturated carbocycles. The second kappa shape index (κ2) is 8.60. The van der Waals surface area contributed by atoms with Crippen LogP contribution in [0.1, 0.15) is 35.6 Å². The number of benzene rings is 2. The van der Waals surface area contributed by atoms with Crippen LogP contribution in [0, 0.1) is 5.82 Å². The highest BCUT2D eigenvalue weighted by molar-refractivity contribution is 5.41. The van der Waals surface area contributed by atoms with Gasteiger partial charge in [-0.3, -0.25) is 0 Å². The molecule has 5 nitrogen and oxygen atoms in total. The third kappa shape index (κ3) is 4.59. The first-order valence-electron chi connectivity index (χ1n) is 8.64. The van der Waals surface area contributed by atoms with Crippen molar-refractivity contribution >= 4 is 0 Å². The van der Waals surface area contributed by atoms with Crippen molar-refractivity contribution in [3.8, 4) is 5.75 Å². The van der Waals surface area contributed by atoms with Crippen molar-refractivity contribution in [2.75, 3.05) is 13.4 Å². The topological polar surface area (TPSA) is 79.2 Å². The molecule has 0 aliphatic carbocycles. The van der Waals surface area contributed by atoms with Crippen LogP contribution in [-0.2, 0) is 11.2 Å². The van der Waals surface area contributed by atoms with Crippen molar-refractivity contribution < 1.29 is 29.2 Å². The van der Waals surface area contributed by atoms with Gasteiger partial charge in [-0.2, -0.15) is 0 Å². The summed E-state index contributed by atoms with van der Waals surface area (Å²) in [6.07, 6.45) is -0.0759. The SMILES string of the molecule is OCOc1ccc(Cc2ccc(F)cc2)cc1C1CC(O)CC(CO)O1. The van der Waals surface area contributed by atoms with E-state index in [1.807, 2.05) is 12.1 Å². The second-order valence-electron chi connectivity index (χ2n) is 6.50. The van der Waals surface area contributed by atoms with E-state index < -0.39 is 25.1 Å². The van der Waals surface area contributed by atoms with Gasteiger partial charge in [-0.25, -0.2) is 4.39 Å². The van der Waals surface area contributed by atoms with Gasteiger partial charge in [0.1, 0.15) is 11.6 Å². The molecule has 3 atom stereocenters. The summed E-state index contributed by atoms with van der Waals surface area (Å²) in [5.41, 5.74) is 2.66. The highest BCUT2D eigenvalue weighted by Crippen LogP contribution is 2.37. The van der Waals surface area contributed by atoms with E-state index in [0.29, 0.717) is 25.0 Å². The average Bonchev–Trinajstić information content (AvgIpc) is 2.64. The molecule has 0 bridgehead atoms. The minimum absolute atomic E-state index is 0.168. The number of halogens is 1. The number of aliphatic hydroxyl groups excluding tert-OH is 3. The molecule has 2 aromatic carbocycles. The van der Waals surface area contributed by atoms with Crippen molar-refractivity contribution in [1.82, 2.24) is 0 Å². The van der Waals surface area contributed by atoms with E-state index in [-0.39, 0.29) is 12.4 Å². The Morgan fingerprint density at radius 1 is 1.04 bits per heavy atom. The van der Waals surface area contributed by atoms with Crippen LogP contribution in [0.5, 0.6) is 5.75 Å². The lowest BCUT2D eigenvalue weighted by molar-refractivity contribution is -0.114. The summed E-state index contributed by atoms with van der Waals surface area (Å²) in [4.78, 5) is 0. The summed E-state index contributed by atoms with van der Waals surface area (Å²) in [6.45, 7) is -0.637. The molecule has 3 rings (SSSR count). The third-order valence-corrected chi connectivity index (χ3v) is 4.54. The van der Waals surface area contributed by atoms with E-state index in [9.17, 15) is 14.6 Å². The molecule has 140 valence electrons. The van der Waals surface area contributed by atoms with Gasteiger partial charge >= 0.3 is 0 Å². The monoisotopic (exact) mass is 362 g/mol. The van der Waals surface area contributed by atoms with Gasteiger partial charge in [0.15, 0.2) is 6.79 Å². The van der Waals surface area contributed by atoms with Crippen molar-refractivity contribution in [1.29, 1.82) is 0 Å². The molecule has 0 aromatic heterocycles. The molecular weight excluding hydrogens is 339 g/mol. The predicted octanol–water partition coefficient (Wildman–Crippen LogP) is 2.32. The van der Waals surface area contributed by atoms with Crippen molar-refractivity contribution in [3.63, 3.8) is 0 Å². The van der Waals surface area contributed by atoms with Gasteiger partial charge in [-0.05, 0) is 41.8 Å². The fraction of sp³-hybridized carbons (Fsp3) is 0.400. The highest BCUT2D eigenvalue weighted by Gasteiger charge is 2.31. The predicted molar refractivity (Wildman–Crippen MR) is 93.3 cm³/mol. The van der Waals surface area contributed by atoms with Gasteiger partial charge in [-0.15, -0.1) is 0 Å². The third-order valence-electron chi connectivity index (χ3n) is 4.54. The van der Waals surface area contributed by atoms with E-state index in [4.69, 9.17) is 14.6 Å². The first-order valence-corrected chi connectivity index (χ1v) is 8.64. The number of ether oxygens (including phenoxy) is 2. The molecule has 1 aliphatic rings. The summed E-state index contributed by atoms with van der Waals surface area (Å²) in [6, 6.07) is 11.8. The Labute approximate surface area is 151 Å². The Bertz CT molecular complexity index is 719. The lowest BCUT2D eigenvalue weighted by Gasteiger charge is -2.33. The van der Waals surface area contributed by atoms with Gasteiger partial charge in [0.2, 0.25) is 0 Å². The van der Waals surface area contributed by atoms with Gasteiger partial charge < -0.3 is 24.8 Å². The molecule has 3 unspecified atom stereocenters. The minimum atomic E-state index is -0.575. The largest absolute Gasteiger partial charge is 0.467 e. The zero-order valence-electron chi connectivity index (χ0n) is 14.3. The zero-order chi connectivity index (χ0) is 18.5. The van der Waals surface area contributed by atoms with Crippen LogP contribution in [0.4, 0.5) is 4.39 Å². The van der Waals surface area contributed by atoms with Gasteiger partial charge in [0, 0.05) is 18.4 Å². The van der Waals surface area contributed by atoms with Crippen LogP contribution in [0.25, 0.3) is 0 Å². The average molecular weight is 362 g/mol.